The summed E-state index contributed by atoms with van der Waals surface area (Å²) in [6.07, 6.45) is 11.4. The summed E-state index contributed by atoms with van der Waals surface area (Å²) in [5.41, 5.74) is 13.8. The van der Waals surface area contributed by atoms with E-state index < -0.39 is 0 Å². The summed E-state index contributed by atoms with van der Waals surface area (Å²) in [4.78, 5) is 0. The highest BCUT2D eigenvalue weighted by Gasteiger charge is 2.51. The monoisotopic (exact) mass is 738 g/mol. The molecule has 0 N–H and O–H groups in total. The Morgan fingerprint density at radius 3 is 1.07 bits per heavy atom. The first-order chi connectivity index (χ1) is 26.7. The lowest BCUT2D eigenvalue weighted by Crippen LogP contribution is -2.31. The fraction of sp³-hybridized carbons (Fsp3) is 0.370. The van der Waals surface area contributed by atoms with Crippen LogP contribution in [-0.2, 0) is 36.5 Å². The smallest absolute Gasteiger partial charge is 0.197 e. The van der Waals surface area contributed by atoms with Crippen molar-refractivity contribution in [3.63, 3.8) is 0 Å². The van der Waals surface area contributed by atoms with Gasteiger partial charge >= 0.3 is 0 Å². The molecule has 0 bridgehead atoms. The summed E-state index contributed by atoms with van der Waals surface area (Å²) < 4.78 is 5.22. The van der Waals surface area contributed by atoms with Gasteiger partial charge in [-0.25, -0.2) is 0 Å². The van der Waals surface area contributed by atoms with Crippen molar-refractivity contribution < 1.29 is 9.15 Å². The zero-order valence-electron chi connectivity index (χ0n) is 35.7. The zero-order valence-corrected chi connectivity index (χ0v) is 35.7. The molecule has 286 valence electrons. The number of aryl methyl sites for hydroxylation is 4. The number of fused-ring (bicyclic) bond motifs is 2. The van der Waals surface area contributed by atoms with Crippen molar-refractivity contribution in [2.75, 3.05) is 0 Å². The molecular weight excluding hydrogens is 677 g/mol. The van der Waals surface area contributed by atoms with Gasteiger partial charge in [-0.3, -0.25) is 0 Å². The molecule has 0 saturated heterocycles. The van der Waals surface area contributed by atoms with Crippen molar-refractivity contribution in [2.45, 2.75) is 130 Å². The molecule has 0 fully saturated rings. The average molecular weight is 739 g/mol. The van der Waals surface area contributed by atoms with Gasteiger partial charge in [0.2, 0.25) is 11.4 Å². The number of para-hydroxylation sites is 2. The maximum absolute atomic E-state index is 2.61. The van der Waals surface area contributed by atoms with Crippen LogP contribution in [0.2, 0.25) is 0 Å². The predicted octanol–water partition coefficient (Wildman–Crippen LogP) is 13.6. The minimum atomic E-state index is -0.0563. The van der Waals surface area contributed by atoms with Gasteiger partial charge in [0, 0.05) is 62.8 Å². The lowest BCUT2D eigenvalue weighted by atomic mass is 9.77. The Kier molecular flexibility index (Phi) is 9.50. The molecule has 6 aromatic rings. The van der Waals surface area contributed by atoms with Crippen LogP contribution in [0.1, 0.15) is 115 Å². The topological polar surface area (TPSA) is 6.02 Å². The first kappa shape index (κ1) is 38.1. The second kappa shape index (κ2) is 14.0. The second-order valence-corrected chi connectivity index (χ2v) is 18.6. The number of nitrogens with zero attached hydrogens (tertiary/aromatic N) is 2. The summed E-state index contributed by atoms with van der Waals surface area (Å²) >= 11 is 0. The zero-order chi connectivity index (χ0) is 39.6. The Balaban J connectivity index is 1.09. The minimum Gasteiger partial charge on any atom is -0.197 e. The van der Waals surface area contributed by atoms with Gasteiger partial charge in [0.05, 0.1) is 10.8 Å². The van der Waals surface area contributed by atoms with Crippen LogP contribution in [0.5, 0.6) is 0 Å². The maximum Gasteiger partial charge on any atom is 0.211 e. The molecule has 0 radical (unpaired) electrons. The van der Waals surface area contributed by atoms with E-state index >= 15 is 0 Å². The highest BCUT2D eigenvalue weighted by atomic mass is 15.1. The molecule has 2 aliphatic heterocycles. The van der Waals surface area contributed by atoms with Gasteiger partial charge < -0.3 is 0 Å². The van der Waals surface area contributed by atoms with E-state index in [0.29, 0.717) is 0 Å². The second-order valence-electron chi connectivity index (χ2n) is 18.6. The molecule has 0 unspecified atom stereocenters. The van der Waals surface area contributed by atoms with Crippen LogP contribution in [0, 0.1) is 0 Å². The Bertz CT molecular complexity index is 2340. The van der Waals surface area contributed by atoms with Gasteiger partial charge in [0.25, 0.3) is 0 Å². The average Bonchev–Trinajstić information content (AvgIpc) is 3.61. The van der Waals surface area contributed by atoms with E-state index in [4.69, 9.17) is 0 Å². The van der Waals surface area contributed by atoms with Crippen molar-refractivity contribution in [1.82, 2.24) is 0 Å². The van der Waals surface area contributed by atoms with E-state index in [1.165, 1.54) is 77.4 Å². The molecule has 6 aromatic carbocycles. The molecule has 2 aliphatic rings. The molecule has 2 heteroatoms. The van der Waals surface area contributed by atoms with Crippen molar-refractivity contribution in [2.24, 2.45) is 0 Å². The van der Waals surface area contributed by atoms with Crippen LogP contribution in [0.4, 0.5) is 11.4 Å². The van der Waals surface area contributed by atoms with Crippen LogP contribution in [-0.4, -0.2) is 32.7 Å². The van der Waals surface area contributed by atoms with Crippen LogP contribution in [0.15, 0.2) is 109 Å². The summed E-state index contributed by atoms with van der Waals surface area (Å²) in [6.45, 7) is 23.6. The SMILES string of the molecule is CCc1cccc(CC)c1[N+]1=C[C@](C)(c2ccc3cc(-c4ccc5cc([C@]6(C)C=[N+](c7c(CC)cccc7CC)C(C)(C)C6)ccc5c4)ccc3c2)CC1(C)C. The van der Waals surface area contributed by atoms with Gasteiger partial charge in [0.15, 0.2) is 23.5 Å². The molecule has 0 aromatic heterocycles. The summed E-state index contributed by atoms with van der Waals surface area (Å²) in [7, 11) is 0. The van der Waals surface area contributed by atoms with E-state index in [0.717, 1.165) is 38.5 Å². The molecular formula is C54H62N2+2. The van der Waals surface area contributed by atoms with E-state index in [1.54, 1.807) is 0 Å². The molecule has 2 heterocycles. The Labute approximate surface area is 336 Å². The van der Waals surface area contributed by atoms with Crippen molar-refractivity contribution >= 4 is 45.3 Å². The molecule has 56 heavy (non-hydrogen) atoms. The molecule has 2 atom stereocenters. The Morgan fingerprint density at radius 2 is 0.732 bits per heavy atom. The molecule has 8 rings (SSSR count). The van der Waals surface area contributed by atoms with Crippen molar-refractivity contribution in [3.05, 3.63) is 143 Å². The summed E-state index contributed by atoms with van der Waals surface area (Å²) in [6, 6.07) is 42.1. The first-order valence-electron chi connectivity index (χ1n) is 21.3. The van der Waals surface area contributed by atoms with Crippen LogP contribution < -0.4 is 0 Å². The highest BCUT2D eigenvalue weighted by molar-refractivity contribution is 5.93. The van der Waals surface area contributed by atoms with Crippen LogP contribution in [0.25, 0.3) is 32.7 Å². The first-order valence-corrected chi connectivity index (χ1v) is 21.3. The molecule has 0 spiro atoms. The normalized spacial score (nSPS) is 21.5. The number of rotatable bonds is 9. The third-order valence-corrected chi connectivity index (χ3v) is 13.5. The van der Waals surface area contributed by atoms with Gasteiger partial charge in [-0.1, -0.05) is 125 Å². The summed E-state index contributed by atoms with van der Waals surface area (Å²) in [5, 5.41) is 5.18. The van der Waals surface area contributed by atoms with Gasteiger partial charge in [0.1, 0.15) is 0 Å². The van der Waals surface area contributed by atoms with Gasteiger partial charge in [-0.15, -0.1) is 0 Å². The number of hydrogen-bond acceptors (Lipinski definition) is 0. The highest BCUT2D eigenvalue weighted by Crippen LogP contribution is 2.46. The Morgan fingerprint density at radius 1 is 0.411 bits per heavy atom. The van der Waals surface area contributed by atoms with Crippen LogP contribution >= 0.6 is 0 Å². The van der Waals surface area contributed by atoms with Gasteiger partial charge in [-0.2, -0.15) is 9.15 Å². The standard InChI is InChI=1S/C54H62N2/c1-11-37-17-15-18-38(12-2)49(37)55-35-53(9,33-51(55,5)6)47-27-25-43-29-41(21-23-45(43)31-47)42-22-24-46-32-48(28-26-44(46)30-42)54(10)34-52(7,8)56(36-54)50-39(13-3)19-16-20-40(50)14-4/h15-32,35-36H,11-14,33-34H2,1-10H3/q+2/t53-,54+. The third kappa shape index (κ3) is 6.44. The third-order valence-electron chi connectivity index (χ3n) is 13.5. The van der Waals surface area contributed by atoms with Crippen molar-refractivity contribution in [1.29, 1.82) is 0 Å². The maximum atomic E-state index is 2.61. The lowest BCUT2D eigenvalue weighted by molar-refractivity contribution is -0.513. The van der Waals surface area contributed by atoms with E-state index in [9.17, 15) is 0 Å². The Hall–Kier alpha value is -4.82. The molecule has 2 nitrogen and oxygen atoms in total. The fourth-order valence-electron chi connectivity index (χ4n) is 10.7. The number of hydrogen-bond donors (Lipinski definition) is 0. The van der Waals surface area contributed by atoms with Gasteiger partial charge in [-0.05, 0) is 95.5 Å². The summed E-state index contributed by atoms with van der Waals surface area (Å²) in [5.74, 6) is 0. The fourth-order valence-corrected chi connectivity index (χ4v) is 10.7. The molecule has 0 aliphatic carbocycles. The number of benzene rings is 6. The van der Waals surface area contributed by atoms with E-state index in [2.05, 4.69) is 200 Å². The van der Waals surface area contributed by atoms with E-state index in [1.807, 2.05) is 0 Å². The lowest BCUT2D eigenvalue weighted by Gasteiger charge is -2.23. The molecule has 0 amide bonds. The van der Waals surface area contributed by atoms with Crippen molar-refractivity contribution in [3.8, 4) is 11.1 Å². The quantitative estimate of drug-likeness (QED) is 0.130. The van der Waals surface area contributed by atoms with E-state index in [-0.39, 0.29) is 21.9 Å². The minimum absolute atomic E-state index is 0.0171. The largest absolute Gasteiger partial charge is 0.211 e. The van der Waals surface area contributed by atoms with Crippen LogP contribution in [0.3, 0.4) is 0 Å². The predicted molar refractivity (Wildman–Crippen MR) is 241 cm³/mol. The molecule has 0 saturated carbocycles.